The average Bonchev–Trinajstić information content (AvgIpc) is 3.24. The predicted octanol–water partition coefficient (Wildman–Crippen LogP) is 3.57. The molecule has 0 spiro atoms. The quantitative estimate of drug-likeness (QED) is 0.844. The summed E-state index contributed by atoms with van der Waals surface area (Å²) in [6, 6.07) is 9.68. The van der Waals surface area contributed by atoms with Crippen molar-refractivity contribution in [3.63, 3.8) is 0 Å². The number of carbonyl (C=O) groups is 1. The number of thiazole rings is 1. The van der Waals surface area contributed by atoms with Crippen LogP contribution in [0.4, 0.5) is 0 Å². The molecule has 2 aromatic rings. The highest BCUT2D eigenvalue weighted by Crippen LogP contribution is 2.23. The van der Waals surface area contributed by atoms with Crippen molar-refractivity contribution in [2.75, 3.05) is 6.54 Å². The Morgan fingerprint density at radius 2 is 2.04 bits per heavy atom. The van der Waals surface area contributed by atoms with Gasteiger partial charge in [0.1, 0.15) is 17.4 Å². The molecule has 0 atom stereocenters. The number of nitrogens with one attached hydrogen (secondary N) is 1. The van der Waals surface area contributed by atoms with E-state index in [9.17, 15) is 4.79 Å². The lowest BCUT2D eigenvalue weighted by atomic mass is 10.1. The van der Waals surface area contributed by atoms with E-state index < -0.39 is 0 Å². The van der Waals surface area contributed by atoms with Gasteiger partial charge in [-0.2, -0.15) is 0 Å². The summed E-state index contributed by atoms with van der Waals surface area (Å²) in [7, 11) is 0. The zero-order valence-electron chi connectivity index (χ0n) is 13.2. The fraction of sp³-hybridized carbons (Fsp3) is 0.444. The molecule has 1 aliphatic rings. The van der Waals surface area contributed by atoms with Crippen LogP contribution in [0, 0.1) is 5.92 Å². The number of hydrogen-bond donors (Lipinski definition) is 1. The smallest absolute Gasteiger partial charge is 0.226 e. The first-order valence-electron chi connectivity index (χ1n) is 8.17. The van der Waals surface area contributed by atoms with Crippen LogP contribution in [0.15, 0.2) is 35.7 Å². The van der Waals surface area contributed by atoms with Gasteiger partial charge in [0.25, 0.3) is 0 Å². The van der Waals surface area contributed by atoms with E-state index in [0.717, 1.165) is 23.0 Å². The number of benzene rings is 1. The Labute approximate surface area is 140 Å². The van der Waals surface area contributed by atoms with Gasteiger partial charge in [0.05, 0.1) is 12.1 Å². The Kier molecular flexibility index (Phi) is 5.64. The van der Waals surface area contributed by atoms with E-state index in [4.69, 9.17) is 4.74 Å². The third kappa shape index (κ3) is 5.06. The average molecular weight is 330 g/mol. The van der Waals surface area contributed by atoms with E-state index in [-0.39, 0.29) is 5.91 Å². The summed E-state index contributed by atoms with van der Waals surface area (Å²) in [5.74, 6) is 1.57. The Morgan fingerprint density at radius 1 is 1.26 bits per heavy atom. The molecule has 0 unspecified atom stereocenters. The van der Waals surface area contributed by atoms with Crippen molar-refractivity contribution in [3.05, 3.63) is 46.4 Å². The van der Waals surface area contributed by atoms with Gasteiger partial charge < -0.3 is 10.1 Å². The first kappa shape index (κ1) is 16.0. The summed E-state index contributed by atoms with van der Waals surface area (Å²) in [4.78, 5) is 16.5. The molecule has 3 rings (SSSR count). The molecular formula is C18H22N2O2S. The Morgan fingerprint density at radius 3 is 2.83 bits per heavy atom. The standard InChI is InChI=1S/C18H22N2O2S/c21-17(19-11-14-6-4-5-7-14)10-15-13-23-18(20-15)12-22-16-8-2-1-3-9-16/h1-3,8-9,13-14H,4-7,10-12H2,(H,19,21). The number of rotatable bonds is 7. The zero-order valence-corrected chi connectivity index (χ0v) is 14.0. The van der Waals surface area contributed by atoms with Crippen molar-refractivity contribution in [1.82, 2.24) is 10.3 Å². The molecule has 1 fully saturated rings. The molecule has 1 aliphatic carbocycles. The van der Waals surface area contributed by atoms with Crippen molar-refractivity contribution in [2.24, 2.45) is 5.92 Å². The second kappa shape index (κ2) is 8.11. The van der Waals surface area contributed by atoms with Crippen LogP contribution in [0.3, 0.4) is 0 Å². The summed E-state index contributed by atoms with van der Waals surface area (Å²) < 4.78 is 5.67. The van der Waals surface area contributed by atoms with Crippen LogP contribution in [-0.2, 0) is 17.8 Å². The van der Waals surface area contributed by atoms with Gasteiger partial charge in [0.15, 0.2) is 0 Å². The highest BCUT2D eigenvalue weighted by molar-refractivity contribution is 7.09. The molecule has 1 amide bonds. The molecule has 0 bridgehead atoms. The molecule has 23 heavy (non-hydrogen) atoms. The van der Waals surface area contributed by atoms with Gasteiger partial charge in [-0.1, -0.05) is 31.0 Å². The van der Waals surface area contributed by atoms with Crippen molar-refractivity contribution < 1.29 is 9.53 Å². The number of nitrogens with zero attached hydrogens (tertiary/aromatic N) is 1. The van der Waals surface area contributed by atoms with Crippen LogP contribution in [0.25, 0.3) is 0 Å². The zero-order chi connectivity index (χ0) is 15.9. The lowest BCUT2D eigenvalue weighted by molar-refractivity contribution is -0.120. The molecule has 5 heteroatoms. The minimum Gasteiger partial charge on any atom is -0.486 e. The second-order valence-electron chi connectivity index (χ2n) is 5.97. The molecule has 1 N–H and O–H groups in total. The molecule has 0 radical (unpaired) electrons. The summed E-state index contributed by atoms with van der Waals surface area (Å²) in [6.45, 7) is 1.26. The van der Waals surface area contributed by atoms with Crippen LogP contribution in [0.2, 0.25) is 0 Å². The summed E-state index contributed by atoms with van der Waals surface area (Å²) >= 11 is 1.54. The van der Waals surface area contributed by atoms with E-state index in [1.807, 2.05) is 35.7 Å². The number of aromatic nitrogens is 1. The number of carbonyl (C=O) groups excluding carboxylic acids is 1. The van der Waals surface area contributed by atoms with E-state index in [2.05, 4.69) is 10.3 Å². The van der Waals surface area contributed by atoms with Crippen molar-refractivity contribution in [3.8, 4) is 5.75 Å². The van der Waals surface area contributed by atoms with Gasteiger partial charge in [-0.25, -0.2) is 4.98 Å². The fourth-order valence-electron chi connectivity index (χ4n) is 2.86. The maximum Gasteiger partial charge on any atom is 0.226 e. The first-order valence-corrected chi connectivity index (χ1v) is 9.05. The number of ether oxygens (including phenoxy) is 1. The largest absolute Gasteiger partial charge is 0.486 e. The third-order valence-corrected chi connectivity index (χ3v) is 4.98. The molecule has 0 saturated heterocycles. The third-order valence-electron chi connectivity index (χ3n) is 4.11. The summed E-state index contributed by atoms with van der Waals surface area (Å²) in [5.41, 5.74) is 0.825. The SMILES string of the molecule is O=C(Cc1csc(COc2ccccc2)n1)NCC1CCCC1. The number of hydrogen-bond acceptors (Lipinski definition) is 4. The molecule has 1 aromatic carbocycles. The van der Waals surface area contributed by atoms with Crippen molar-refractivity contribution in [2.45, 2.75) is 38.7 Å². The highest BCUT2D eigenvalue weighted by Gasteiger charge is 2.16. The number of para-hydroxylation sites is 1. The van der Waals surface area contributed by atoms with Crippen LogP contribution in [0.5, 0.6) is 5.75 Å². The fourth-order valence-corrected chi connectivity index (χ4v) is 3.56. The minimum absolute atomic E-state index is 0.0673. The number of amides is 1. The van der Waals surface area contributed by atoms with Crippen molar-refractivity contribution >= 4 is 17.2 Å². The second-order valence-corrected chi connectivity index (χ2v) is 6.91. The topological polar surface area (TPSA) is 51.2 Å². The van der Waals surface area contributed by atoms with Crippen LogP contribution in [-0.4, -0.2) is 17.4 Å². The van der Waals surface area contributed by atoms with Gasteiger partial charge in [-0.15, -0.1) is 11.3 Å². The Bertz CT molecular complexity index is 621. The Hall–Kier alpha value is -1.88. The molecule has 1 saturated carbocycles. The van der Waals surface area contributed by atoms with Crippen LogP contribution in [0.1, 0.15) is 36.4 Å². The lowest BCUT2D eigenvalue weighted by Crippen LogP contribution is -2.29. The normalized spacial score (nSPS) is 14.8. The van der Waals surface area contributed by atoms with E-state index in [1.165, 1.54) is 37.0 Å². The molecule has 4 nitrogen and oxygen atoms in total. The van der Waals surface area contributed by atoms with Gasteiger partial charge in [-0.05, 0) is 30.9 Å². The summed E-state index contributed by atoms with van der Waals surface area (Å²) in [6.07, 6.45) is 5.46. The van der Waals surface area contributed by atoms with Crippen molar-refractivity contribution in [1.29, 1.82) is 0 Å². The van der Waals surface area contributed by atoms with Crippen LogP contribution < -0.4 is 10.1 Å². The molecule has 122 valence electrons. The molecule has 1 heterocycles. The lowest BCUT2D eigenvalue weighted by Gasteiger charge is -2.09. The predicted molar refractivity (Wildman–Crippen MR) is 91.6 cm³/mol. The van der Waals surface area contributed by atoms with E-state index >= 15 is 0 Å². The van der Waals surface area contributed by atoms with Gasteiger partial charge in [-0.3, -0.25) is 4.79 Å². The van der Waals surface area contributed by atoms with E-state index in [1.54, 1.807) is 0 Å². The Balaban J connectivity index is 1.42. The maximum absolute atomic E-state index is 12.0. The molecule has 1 aromatic heterocycles. The molecular weight excluding hydrogens is 308 g/mol. The maximum atomic E-state index is 12.0. The van der Waals surface area contributed by atoms with E-state index in [0.29, 0.717) is 18.9 Å². The minimum atomic E-state index is 0.0673. The highest BCUT2D eigenvalue weighted by atomic mass is 32.1. The van der Waals surface area contributed by atoms with Gasteiger partial charge in [0, 0.05) is 11.9 Å². The van der Waals surface area contributed by atoms with Gasteiger partial charge in [0.2, 0.25) is 5.91 Å². The summed E-state index contributed by atoms with van der Waals surface area (Å²) in [5, 5.41) is 5.87. The monoisotopic (exact) mass is 330 g/mol. The van der Waals surface area contributed by atoms with Crippen LogP contribution >= 0.6 is 11.3 Å². The first-order chi connectivity index (χ1) is 11.3. The van der Waals surface area contributed by atoms with Gasteiger partial charge >= 0.3 is 0 Å². The molecule has 0 aliphatic heterocycles.